The highest BCUT2D eigenvalue weighted by Gasteiger charge is 2.34. The highest BCUT2D eigenvalue weighted by atomic mass is 32.2. The fourth-order valence-corrected chi connectivity index (χ4v) is 3.87. The standard InChI is InChI=1S/C19H16FNOS2/c1-3-13-4-10-16(11-5-13)21-18(22)17(24-19(21)23)12(2)14-6-8-15(20)9-7-14/h4-11H,3H2,1-2H3/b17-12-. The first kappa shape index (κ1) is 16.9. The predicted octanol–water partition coefficient (Wildman–Crippen LogP) is 5.18. The second-order valence-corrected chi connectivity index (χ2v) is 7.13. The Hall–Kier alpha value is -1.98. The van der Waals surface area contributed by atoms with Crippen molar-refractivity contribution in [2.24, 2.45) is 0 Å². The maximum Gasteiger partial charge on any atom is 0.271 e. The van der Waals surface area contributed by atoms with Crippen LogP contribution in [0.3, 0.4) is 0 Å². The average molecular weight is 357 g/mol. The lowest BCUT2D eigenvalue weighted by Crippen LogP contribution is -2.27. The van der Waals surface area contributed by atoms with Crippen LogP contribution in [0.4, 0.5) is 10.1 Å². The molecule has 5 heteroatoms. The zero-order chi connectivity index (χ0) is 17.3. The fraction of sp³-hybridized carbons (Fsp3) is 0.158. The third-order valence-corrected chi connectivity index (χ3v) is 5.46. The summed E-state index contributed by atoms with van der Waals surface area (Å²) >= 11 is 6.69. The highest BCUT2D eigenvalue weighted by Crippen LogP contribution is 2.39. The van der Waals surface area contributed by atoms with E-state index >= 15 is 0 Å². The smallest absolute Gasteiger partial charge is 0.268 e. The lowest BCUT2D eigenvalue weighted by molar-refractivity contribution is -0.113. The molecule has 2 aromatic rings. The monoisotopic (exact) mass is 357 g/mol. The number of carbonyl (C=O) groups is 1. The maximum atomic E-state index is 13.1. The van der Waals surface area contributed by atoms with E-state index in [0.29, 0.717) is 9.23 Å². The van der Waals surface area contributed by atoms with Gasteiger partial charge in [-0.25, -0.2) is 4.39 Å². The van der Waals surface area contributed by atoms with Gasteiger partial charge in [0.2, 0.25) is 0 Å². The number of amides is 1. The molecule has 122 valence electrons. The number of hydrogen-bond acceptors (Lipinski definition) is 3. The molecular weight excluding hydrogens is 341 g/mol. The first-order valence-corrected chi connectivity index (χ1v) is 8.85. The van der Waals surface area contributed by atoms with E-state index in [1.807, 2.05) is 31.2 Å². The summed E-state index contributed by atoms with van der Waals surface area (Å²) in [5, 5.41) is 0. The van der Waals surface area contributed by atoms with E-state index in [1.54, 1.807) is 17.0 Å². The molecule has 1 heterocycles. The summed E-state index contributed by atoms with van der Waals surface area (Å²) in [5.74, 6) is -0.425. The van der Waals surface area contributed by atoms with Crippen LogP contribution in [-0.2, 0) is 11.2 Å². The average Bonchev–Trinajstić information content (AvgIpc) is 2.89. The number of benzene rings is 2. The number of anilines is 1. The van der Waals surface area contributed by atoms with Crippen LogP contribution in [0.15, 0.2) is 53.4 Å². The van der Waals surface area contributed by atoms with Gasteiger partial charge in [0.15, 0.2) is 4.32 Å². The van der Waals surface area contributed by atoms with Crippen molar-refractivity contribution in [2.45, 2.75) is 20.3 Å². The molecule has 1 aliphatic heterocycles. The lowest BCUT2D eigenvalue weighted by atomic mass is 10.1. The second kappa shape index (κ2) is 6.87. The van der Waals surface area contributed by atoms with Crippen molar-refractivity contribution in [3.05, 3.63) is 70.4 Å². The van der Waals surface area contributed by atoms with Crippen molar-refractivity contribution in [1.82, 2.24) is 0 Å². The summed E-state index contributed by atoms with van der Waals surface area (Å²) in [6.07, 6.45) is 0.947. The van der Waals surface area contributed by atoms with E-state index in [-0.39, 0.29) is 11.7 Å². The van der Waals surface area contributed by atoms with E-state index in [0.717, 1.165) is 23.2 Å². The normalized spacial score (nSPS) is 16.7. The van der Waals surface area contributed by atoms with Crippen LogP contribution in [0.5, 0.6) is 0 Å². The molecule has 2 aromatic carbocycles. The van der Waals surface area contributed by atoms with Crippen molar-refractivity contribution in [2.75, 3.05) is 4.90 Å². The van der Waals surface area contributed by atoms with Gasteiger partial charge < -0.3 is 0 Å². The van der Waals surface area contributed by atoms with Crippen LogP contribution in [-0.4, -0.2) is 10.2 Å². The van der Waals surface area contributed by atoms with Crippen molar-refractivity contribution >= 4 is 45.5 Å². The first-order chi connectivity index (χ1) is 11.5. The molecule has 1 fully saturated rings. The Kier molecular flexibility index (Phi) is 4.83. The molecule has 3 rings (SSSR count). The number of aryl methyl sites for hydroxylation is 1. The number of rotatable bonds is 3. The Morgan fingerprint density at radius 1 is 1.12 bits per heavy atom. The number of thioether (sulfide) groups is 1. The molecule has 0 aliphatic carbocycles. The summed E-state index contributed by atoms with van der Waals surface area (Å²) in [4.78, 5) is 15.0. The summed E-state index contributed by atoms with van der Waals surface area (Å²) < 4.78 is 13.6. The molecule has 0 aromatic heterocycles. The van der Waals surface area contributed by atoms with E-state index < -0.39 is 0 Å². The van der Waals surface area contributed by atoms with Crippen LogP contribution >= 0.6 is 24.0 Å². The van der Waals surface area contributed by atoms with Gasteiger partial charge in [0, 0.05) is 0 Å². The summed E-state index contributed by atoms with van der Waals surface area (Å²) in [5.41, 5.74) is 3.61. The molecule has 24 heavy (non-hydrogen) atoms. The summed E-state index contributed by atoms with van der Waals surface area (Å²) in [7, 11) is 0. The van der Waals surface area contributed by atoms with Crippen LogP contribution in [0.2, 0.25) is 0 Å². The largest absolute Gasteiger partial charge is 0.271 e. The van der Waals surface area contributed by atoms with Gasteiger partial charge >= 0.3 is 0 Å². The Morgan fingerprint density at radius 3 is 2.33 bits per heavy atom. The quantitative estimate of drug-likeness (QED) is 0.557. The van der Waals surface area contributed by atoms with Crippen LogP contribution in [0, 0.1) is 5.82 Å². The summed E-state index contributed by atoms with van der Waals surface area (Å²) in [6.45, 7) is 3.95. The molecule has 0 bridgehead atoms. The van der Waals surface area contributed by atoms with Gasteiger partial charge in [0.1, 0.15) is 5.82 Å². The van der Waals surface area contributed by atoms with E-state index in [1.165, 1.54) is 29.5 Å². The molecule has 1 amide bonds. The molecule has 0 atom stereocenters. The molecule has 1 saturated heterocycles. The van der Waals surface area contributed by atoms with Crippen LogP contribution in [0.1, 0.15) is 25.0 Å². The van der Waals surface area contributed by atoms with Crippen molar-refractivity contribution < 1.29 is 9.18 Å². The Morgan fingerprint density at radius 2 is 1.75 bits per heavy atom. The Balaban J connectivity index is 1.95. The zero-order valence-corrected chi connectivity index (χ0v) is 15.0. The van der Waals surface area contributed by atoms with Crippen molar-refractivity contribution in [1.29, 1.82) is 0 Å². The summed E-state index contributed by atoms with van der Waals surface area (Å²) in [6, 6.07) is 14.0. The van der Waals surface area contributed by atoms with Crippen molar-refractivity contribution in [3.8, 4) is 0 Å². The molecule has 1 aliphatic rings. The molecule has 0 unspecified atom stereocenters. The molecule has 0 N–H and O–H groups in total. The Bertz CT molecular complexity index is 825. The SMILES string of the molecule is CCc1ccc(N2C(=O)/C(=C(\C)c3ccc(F)cc3)SC2=S)cc1. The maximum absolute atomic E-state index is 13.1. The second-order valence-electron chi connectivity index (χ2n) is 5.49. The van der Waals surface area contributed by atoms with Crippen LogP contribution < -0.4 is 4.90 Å². The third kappa shape index (κ3) is 3.14. The van der Waals surface area contributed by atoms with Gasteiger partial charge in [-0.2, -0.15) is 0 Å². The first-order valence-electron chi connectivity index (χ1n) is 7.63. The number of nitrogens with zero attached hydrogens (tertiary/aromatic N) is 1. The number of allylic oxidation sites excluding steroid dienone is 1. The molecule has 0 spiro atoms. The molecular formula is C19H16FNOS2. The molecule has 0 radical (unpaired) electrons. The Labute approximate surface area is 150 Å². The van der Waals surface area contributed by atoms with Crippen molar-refractivity contribution in [3.63, 3.8) is 0 Å². The molecule has 2 nitrogen and oxygen atoms in total. The fourth-order valence-electron chi connectivity index (χ4n) is 2.53. The lowest BCUT2D eigenvalue weighted by Gasteiger charge is -2.15. The van der Waals surface area contributed by atoms with Gasteiger partial charge in [-0.3, -0.25) is 9.69 Å². The number of carbonyl (C=O) groups excluding carboxylic acids is 1. The van der Waals surface area contributed by atoms with E-state index in [4.69, 9.17) is 12.2 Å². The molecule has 0 saturated carbocycles. The van der Waals surface area contributed by atoms with Crippen LogP contribution in [0.25, 0.3) is 5.57 Å². The minimum absolute atomic E-state index is 0.129. The number of thiocarbonyl (C=S) groups is 1. The topological polar surface area (TPSA) is 20.3 Å². The minimum atomic E-state index is -0.296. The van der Waals surface area contributed by atoms with E-state index in [2.05, 4.69) is 6.92 Å². The third-order valence-electron chi connectivity index (χ3n) is 3.99. The van der Waals surface area contributed by atoms with Gasteiger partial charge in [0.25, 0.3) is 5.91 Å². The minimum Gasteiger partial charge on any atom is -0.268 e. The van der Waals surface area contributed by atoms with Gasteiger partial charge in [0.05, 0.1) is 10.6 Å². The van der Waals surface area contributed by atoms with Gasteiger partial charge in [-0.1, -0.05) is 55.2 Å². The zero-order valence-electron chi connectivity index (χ0n) is 13.4. The van der Waals surface area contributed by atoms with Gasteiger partial charge in [-0.05, 0) is 54.3 Å². The highest BCUT2D eigenvalue weighted by molar-refractivity contribution is 8.27. The number of halogens is 1. The van der Waals surface area contributed by atoms with E-state index in [9.17, 15) is 9.18 Å². The number of hydrogen-bond donors (Lipinski definition) is 0. The predicted molar refractivity (Wildman–Crippen MR) is 102 cm³/mol. The van der Waals surface area contributed by atoms with Gasteiger partial charge in [-0.15, -0.1) is 0 Å².